The van der Waals surface area contributed by atoms with Crippen LogP contribution >= 0.6 is 11.8 Å². The van der Waals surface area contributed by atoms with Gasteiger partial charge in [0.25, 0.3) is 0 Å². The Balaban J connectivity index is 2.77. The first kappa shape index (κ1) is 10.2. The van der Waals surface area contributed by atoms with Crippen LogP contribution in [0.4, 0.5) is 0 Å². The number of aromatic hydroxyl groups is 2. The molecule has 0 amide bonds. The van der Waals surface area contributed by atoms with E-state index in [-0.39, 0.29) is 11.5 Å². The molecule has 0 aliphatic rings. The van der Waals surface area contributed by atoms with Crippen LogP contribution in [0.15, 0.2) is 30.3 Å². The van der Waals surface area contributed by atoms with Crippen LogP contribution in [0, 0.1) is 0 Å². The van der Waals surface area contributed by atoms with Gasteiger partial charge in [-0.05, 0) is 23.1 Å². The predicted molar refractivity (Wildman–Crippen MR) is 64.5 cm³/mol. The van der Waals surface area contributed by atoms with Gasteiger partial charge in [0.2, 0.25) is 0 Å². The summed E-state index contributed by atoms with van der Waals surface area (Å²) in [4.78, 5) is 0. The average Bonchev–Trinajstić information content (AvgIpc) is 2.25. The molecule has 0 aliphatic heterocycles. The SMILES string of the molecule is CSCc1c(O)c(O)cc2ccccc12. The Morgan fingerprint density at radius 2 is 1.93 bits per heavy atom. The van der Waals surface area contributed by atoms with Crippen molar-refractivity contribution in [2.45, 2.75) is 5.75 Å². The third kappa shape index (κ3) is 1.75. The lowest BCUT2D eigenvalue weighted by atomic mass is 10.0. The lowest BCUT2D eigenvalue weighted by Crippen LogP contribution is -1.85. The predicted octanol–water partition coefficient (Wildman–Crippen LogP) is 3.11. The van der Waals surface area contributed by atoms with Crippen molar-refractivity contribution in [1.82, 2.24) is 0 Å². The molecular formula is C12H12O2S. The van der Waals surface area contributed by atoms with Crippen molar-refractivity contribution in [1.29, 1.82) is 0 Å². The molecule has 0 unspecified atom stereocenters. The molecule has 0 atom stereocenters. The van der Waals surface area contributed by atoms with Crippen LogP contribution < -0.4 is 0 Å². The molecule has 2 rings (SSSR count). The molecule has 0 aliphatic carbocycles. The molecule has 0 fully saturated rings. The van der Waals surface area contributed by atoms with Gasteiger partial charge in [-0.3, -0.25) is 0 Å². The molecule has 2 N–H and O–H groups in total. The highest BCUT2D eigenvalue weighted by Crippen LogP contribution is 2.37. The van der Waals surface area contributed by atoms with Crippen molar-refractivity contribution in [3.63, 3.8) is 0 Å². The first-order chi connectivity index (χ1) is 7.24. The Kier molecular flexibility index (Phi) is 2.73. The van der Waals surface area contributed by atoms with Crippen molar-refractivity contribution in [3.8, 4) is 11.5 Å². The van der Waals surface area contributed by atoms with Gasteiger partial charge in [-0.1, -0.05) is 24.3 Å². The molecule has 0 bridgehead atoms. The summed E-state index contributed by atoms with van der Waals surface area (Å²) >= 11 is 1.62. The van der Waals surface area contributed by atoms with Crippen molar-refractivity contribution in [3.05, 3.63) is 35.9 Å². The van der Waals surface area contributed by atoms with Gasteiger partial charge in [0.1, 0.15) is 0 Å². The normalized spacial score (nSPS) is 10.7. The second-order valence-corrected chi connectivity index (χ2v) is 4.24. The Bertz CT molecular complexity index is 494. The van der Waals surface area contributed by atoms with E-state index in [0.29, 0.717) is 5.75 Å². The van der Waals surface area contributed by atoms with Gasteiger partial charge >= 0.3 is 0 Å². The van der Waals surface area contributed by atoms with E-state index < -0.39 is 0 Å². The van der Waals surface area contributed by atoms with Gasteiger partial charge in [0.05, 0.1) is 0 Å². The highest BCUT2D eigenvalue weighted by molar-refractivity contribution is 7.97. The van der Waals surface area contributed by atoms with E-state index in [1.54, 1.807) is 17.8 Å². The molecule has 0 spiro atoms. The summed E-state index contributed by atoms with van der Waals surface area (Å²) in [5.74, 6) is 0.654. The van der Waals surface area contributed by atoms with E-state index in [9.17, 15) is 10.2 Å². The molecular weight excluding hydrogens is 208 g/mol. The van der Waals surface area contributed by atoms with Gasteiger partial charge in [-0.15, -0.1) is 0 Å². The van der Waals surface area contributed by atoms with E-state index in [1.165, 1.54) is 0 Å². The second kappa shape index (κ2) is 4.03. The molecule has 78 valence electrons. The van der Waals surface area contributed by atoms with Gasteiger partial charge in [0, 0.05) is 11.3 Å². The van der Waals surface area contributed by atoms with Crippen LogP contribution in [-0.4, -0.2) is 16.5 Å². The minimum absolute atomic E-state index is 0.00282. The summed E-state index contributed by atoms with van der Waals surface area (Å²) in [5, 5.41) is 21.3. The van der Waals surface area contributed by atoms with E-state index in [1.807, 2.05) is 30.5 Å². The van der Waals surface area contributed by atoms with Crippen LogP contribution in [-0.2, 0) is 5.75 Å². The third-order valence-corrected chi connectivity index (χ3v) is 2.97. The van der Waals surface area contributed by atoms with E-state index in [0.717, 1.165) is 16.3 Å². The number of thioether (sulfide) groups is 1. The number of hydrogen-bond acceptors (Lipinski definition) is 3. The standard InChI is InChI=1S/C12H12O2S/c1-15-7-10-9-5-3-2-4-8(9)6-11(13)12(10)14/h2-6,13-14H,7H2,1H3. The van der Waals surface area contributed by atoms with Crippen LogP contribution in [0.1, 0.15) is 5.56 Å². The summed E-state index contributed by atoms with van der Waals surface area (Å²) in [5.41, 5.74) is 0.804. The van der Waals surface area contributed by atoms with Gasteiger partial charge in [-0.25, -0.2) is 0 Å². The fourth-order valence-corrected chi connectivity index (χ4v) is 2.27. The highest BCUT2D eigenvalue weighted by Gasteiger charge is 2.10. The molecule has 2 nitrogen and oxygen atoms in total. The molecule has 2 aromatic rings. The van der Waals surface area contributed by atoms with Crippen molar-refractivity contribution in [2.75, 3.05) is 6.26 Å². The van der Waals surface area contributed by atoms with E-state index in [2.05, 4.69) is 0 Å². The summed E-state index contributed by atoms with van der Waals surface area (Å²) < 4.78 is 0. The topological polar surface area (TPSA) is 40.5 Å². The monoisotopic (exact) mass is 220 g/mol. The summed E-state index contributed by atoms with van der Waals surface area (Å²) in [7, 11) is 0. The number of hydrogen-bond donors (Lipinski definition) is 2. The fourth-order valence-electron chi connectivity index (χ4n) is 1.69. The van der Waals surface area contributed by atoms with Crippen molar-refractivity contribution >= 4 is 22.5 Å². The highest BCUT2D eigenvalue weighted by atomic mass is 32.2. The molecule has 0 saturated carbocycles. The maximum atomic E-state index is 9.76. The van der Waals surface area contributed by atoms with Gasteiger partial charge in [-0.2, -0.15) is 11.8 Å². The Labute approximate surface area is 92.6 Å². The largest absolute Gasteiger partial charge is 0.504 e. The summed E-state index contributed by atoms with van der Waals surface area (Å²) in [6.07, 6.45) is 1.97. The van der Waals surface area contributed by atoms with Gasteiger partial charge in [0.15, 0.2) is 11.5 Å². The fraction of sp³-hybridized carbons (Fsp3) is 0.167. The zero-order chi connectivity index (χ0) is 10.8. The Morgan fingerprint density at radius 3 is 2.67 bits per heavy atom. The number of benzene rings is 2. The molecule has 15 heavy (non-hydrogen) atoms. The maximum absolute atomic E-state index is 9.76. The number of rotatable bonds is 2. The number of phenols is 2. The summed E-state index contributed by atoms with van der Waals surface area (Å²) in [6, 6.07) is 9.33. The zero-order valence-corrected chi connectivity index (χ0v) is 9.21. The van der Waals surface area contributed by atoms with Crippen LogP contribution in [0.3, 0.4) is 0 Å². The molecule has 0 saturated heterocycles. The first-order valence-electron chi connectivity index (χ1n) is 4.65. The average molecular weight is 220 g/mol. The molecule has 3 heteroatoms. The molecule has 0 heterocycles. The molecule has 0 aromatic heterocycles. The van der Waals surface area contributed by atoms with Crippen LogP contribution in [0.25, 0.3) is 10.8 Å². The van der Waals surface area contributed by atoms with Crippen molar-refractivity contribution in [2.24, 2.45) is 0 Å². The number of phenolic OH excluding ortho intramolecular Hbond substituents is 2. The smallest absolute Gasteiger partial charge is 0.162 e. The molecule has 2 aromatic carbocycles. The van der Waals surface area contributed by atoms with E-state index >= 15 is 0 Å². The van der Waals surface area contributed by atoms with Crippen molar-refractivity contribution < 1.29 is 10.2 Å². The third-order valence-electron chi connectivity index (χ3n) is 2.40. The Morgan fingerprint density at radius 1 is 1.20 bits per heavy atom. The maximum Gasteiger partial charge on any atom is 0.162 e. The minimum Gasteiger partial charge on any atom is -0.504 e. The van der Waals surface area contributed by atoms with Gasteiger partial charge < -0.3 is 10.2 Å². The van der Waals surface area contributed by atoms with Crippen LogP contribution in [0.5, 0.6) is 11.5 Å². The lowest BCUT2D eigenvalue weighted by Gasteiger charge is -2.09. The van der Waals surface area contributed by atoms with E-state index in [4.69, 9.17) is 0 Å². The first-order valence-corrected chi connectivity index (χ1v) is 6.05. The summed E-state index contributed by atoms with van der Waals surface area (Å²) in [6.45, 7) is 0. The molecule has 0 radical (unpaired) electrons. The lowest BCUT2D eigenvalue weighted by molar-refractivity contribution is 0.402. The second-order valence-electron chi connectivity index (χ2n) is 3.38. The Hall–Kier alpha value is -1.35. The zero-order valence-electron chi connectivity index (χ0n) is 8.40. The number of fused-ring (bicyclic) bond motifs is 1. The minimum atomic E-state index is -0.0437. The quantitative estimate of drug-likeness (QED) is 0.764. The van der Waals surface area contributed by atoms with Crippen LogP contribution in [0.2, 0.25) is 0 Å².